The lowest BCUT2D eigenvalue weighted by Gasteiger charge is -1.99. The Labute approximate surface area is 89.4 Å². The lowest BCUT2D eigenvalue weighted by Crippen LogP contribution is -1.93. The first-order valence-electron chi connectivity index (χ1n) is 4.17. The van der Waals surface area contributed by atoms with Crippen LogP contribution in [0.1, 0.15) is 0 Å². The lowest BCUT2D eigenvalue weighted by atomic mass is 10.2. The van der Waals surface area contributed by atoms with Crippen LogP contribution < -0.4 is 0 Å². The number of H-pyrrole nitrogens is 1. The molecule has 0 radical (unpaired) electrons. The van der Waals surface area contributed by atoms with E-state index < -0.39 is 11.6 Å². The molecular formula is C9H7F2N3S. The Balaban J connectivity index is 2.68. The predicted molar refractivity (Wildman–Crippen MR) is 53.7 cm³/mol. The molecule has 0 aliphatic carbocycles. The minimum Gasteiger partial charge on any atom is -0.279 e. The van der Waals surface area contributed by atoms with Crippen LogP contribution in [0.3, 0.4) is 0 Å². The summed E-state index contributed by atoms with van der Waals surface area (Å²) in [6.45, 7) is 0. The molecule has 2 aromatic rings. The molecule has 2 rings (SSSR count). The van der Waals surface area contributed by atoms with Crippen LogP contribution in [0.5, 0.6) is 0 Å². The molecule has 0 spiro atoms. The van der Waals surface area contributed by atoms with Crippen molar-refractivity contribution in [2.24, 2.45) is 7.05 Å². The average molecular weight is 227 g/mol. The summed E-state index contributed by atoms with van der Waals surface area (Å²) in [6.07, 6.45) is 0. The molecule has 3 nitrogen and oxygen atoms in total. The first-order valence-corrected chi connectivity index (χ1v) is 4.58. The molecule has 0 fully saturated rings. The molecule has 6 heteroatoms. The summed E-state index contributed by atoms with van der Waals surface area (Å²) in [7, 11) is 1.62. The van der Waals surface area contributed by atoms with E-state index in [0.29, 0.717) is 0 Å². The monoisotopic (exact) mass is 227 g/mol. The molecule has 0 bridgehead atoms. The van der Waals surface area contributed by atoms with Gasteiger partial charge in [-0.05, 0) is 24.4 Å². The number of hydrogen-bond donors (Lipinski definition) is 1. The summed E-state index contributed by atoms with van der Waals surface area (Å²) in [5.41, 5.74) is -0.191. The van der Waals surface area contributed by atoms with Crippen molar-refractivity contribution in [1.82, 2.24) is 14.8 Å². The number of rotatable bonds is 1. The third-order valence-electron chi connectivity index (χ3n) is 1.97. The molecular weight excluding hydrogens is 220 g/mol. The summed E-state index contributed by atoms with van der Waals surface area (Å²) in [5.74, 6) is -1.24. The zero-order valence-corrected chi connectivity index (χ0v) is 8.61. The van der Waals surface area contributed by atoms with Gasteiger partial charge in [0, 0.05) is 7.05 Å². The fraction of sp³-hybridized carbons (Fsp3) is 0.111. The van der Waals surface area contributed by atoms with Gasteiger partial charge < -0.3 is 0 Å². The highest BCUT2D eigenvalue weighted by Gasteiger charge is 2.13. The lowest BCUT2D eigenvalue weighted by molar-refractivity contribution is 0.587. The Kier molecular flexibility index (Phi) is 2.36. The van der Waals surface area contributed by atoms with E-state index in [-0.39, 0.29) is 16.2 Å². The molecule has 0 unspecified atom stereocenters. The van der Waals surface area contributed by atoms with Crippen molar-refractivity contribution >= 4 is 12.2 Å². The van der Waals surface area contributed by atoms with Crippen molar-refractivity contribution in [1.29, 1.82) is 0 Å². The molecule has 1 heterocycles. The Hall–Kier alpha value is -1.56. The van der Waals surface area contributed by atoms with Crippen LogP contribution in [0.4, 0.5) is 8.78 Å². The highest BCUT2D eigenvalue weighted by atomic mass is 32.1. The smallest absolute Gasteiger partial charge is 0.216 e. The second kappa shape index (κ2) is 3.54. The van der Waals surface area contributed by atoms with Crippen molar-refractivity contribution in [2.75, 3.05) is 0 Å². The second-order valence-electron chi connectivity index (χ2n) is 3.01. The number of nitrogens with one attached hydrogen (secondary N) is 1. The van der Waals surface area contributed by atoms with Gasteiger partial charge in [-0.3, -0.25) is 9.78 Å². The van der Waals surface area contributed by atoms with Crippen molar-refractivity contribution < 1.29 is 8.78 Å². The van der Waals surface area contributed by atoms with Gasteiger partial charge in [0.2, 0.25) is 4.77 Å². The van der Waals surface area contributed by atoms with Crippen molar-refractivity contribution in [2.45, 2.75) is 0 Å². The van der Waals surface area contributed by atoms with Gasteiger partial charge in [-0.25, -0.2) is 8.78 Å². The molecule has 0 amide bonds. The van der Waals surface area contributed by atoms with E-state index in [1.54, 1.807) is 7.05 Å². The van der Waals surface area contributed by atoms with Gasteiger partial charge in [0.1, 0.15) is 11.6 Å². The molecule has 1 aromatic heterocycles. The summed E-state index contributed by atoms with van der Waals surface area (Å²) in [4.78, 5) is 3.84. The van der Waals surface area contributed by atoms with Crippen LogP contribution in [0.15, 0.2) is 18.2 Å². The third-order valence-corrected chi connectivity index (χ3v) is 2.33. The second-order valence-corrected chi connectivity index (χ2v) is 3.38. The van der Waals surface area contributed by atoms with E-state index in [2.05, 4.69) is 10.1 Å². The summed E-state index contributed by atoms with van der Waals surface area (Å²) >= 11 is 4.84. The van der Waals surface area contributed by atoms with Gasteiger partial charge in [0.15, 0.2) is 5.82 Å². The minimum atomic E-state index is -0.667. The van der Waals surface area contributed by atoms with E-state index in [1.807, 2.05) is 0 Å². The Bertz CT molecular complexity index is 538. The Morgan fingerprint density at radius 1 is 1.33 bits per heavy atom. The van der Waals surface area contributed by atoms with Crippen molar-refractivity contribution in [3.05, 3.63) is 34.6 Å². The molecule has 0 saturated heterocycles. The molecule has 0 aliphatic heterocycles. The molecule has 0 aliphatic rings. The zero-order chi connectivity index (χ0) is 11.0. The minimum absolute atomic E-state index is 0.0955. The van der Waals surface area contributed by atoms with Gasteiger partial charge in [-0.2, -0.15) is 4.98 Å². The predicted octanol–water partition coefficient (Wildman–Crippen LogP) is 2.42. The molecule has 1 aromatic carbocycles. The standard InChI is InChI=1S/C9H7F2N3S/c1-14-9(15)12-8(13-14)7-5(10)3-2-4-6(7)11/h2-4H,1H3,(H,12,13,15). The normalized spacial score (nSPS) is 10.6. The quantitative estimate of drug-likeness (QED) is 0.759. The molecule has 78 valence electrons. The molecule has 0 saturated carbocycles. The van der Waals surface area contributed by atoms with Crippen LogP contribution in [-0.4, -0.2) is 14.8 Å². The fourth-order valence-corrected chi connectivity index (χ4v) is 1.38. The van der Waals surface area contributed by atoms with E-state index >= 15 is 0 Å². The summed E-state index contributed by atoms with van der Waals surface area (Å²) in [6, 6.07) is 3.64. The molecule has 15 heavy (non-hydrogen) atoms. The van der Waals surface area contributed by atoms with Crippen LogP contribution in [-0.2, 0) is 7.05 Å². The van der Waals surface area contributed by atoms with Crippen molar-refractivity contribution in [3.63, 3.8) is 0 Å². The number of aromatic amines is 1. The van der Waals surface area contributed by atoms with Gasteiger partial charge in [0.25, 0.3) is 0 Å². The average Bonchev–Trinajstić information content (AvgIpc) is 2.46. The van der Waals surface area contributed by atoms with E-state index in [0.717, 1.165) is 0 Å². The summed E-state index contributed by atoms with van der Waals surface area (Å²) < 4.78 is 28.3. The highest BCUT2D eigenvalue weighted by Crippen LogP contribution is 2.22. The van der Waals surface area contributed by atoms with E-state index in [1.165, 1.54) is 22.9 Å². The van der Waals surface area contributed by atoms with Crippen LogP contribution >= 0.6 is 12.2 Å². The number of benzene rings is 1. The number of nitrogens with zero attached hydrogens (tertiary/aromatic N) is 2. The van der Waals surface area contributed by atoms with Crippen LogP contribution in [0.2, 0.25) is 0 Å². The largest absolute Gasteiger partial charge is 0.279 e. The van der Waals surface area contributed by atoms with Gasteiger partial charge in [-0.1, -0.05) is 6.07 Å². The fourth-order valence-electron chi connectivity index (χ4n) is 1.24. The van der Waals surface area contributed by atoms with Gasteiger partial charge >= 0.3 is 0 Å². The van der Waals surface area contributed by atoms with Crippen molar-refractivity contribution in [3.8, 4) is 11.4 Å². The maximum absolute atomic E-state index is 13.3. The van der Waals surface area contributed by atoms with Gasteiger partial charge in [-0.15, -0.1) is 0 Å². The number of halogens is 2. The van der Waals surface area contributed by atoms with Crippen LogP contribution in [0, 0.1) is 16.4 Å². The van der Waals surface area contributed by atoms with E-state index in [9.17, 15) is 8.78 Å². The van der Waals surface area contributed by atoms with Crippen LogP contribution in [0.25, 0.3) is 11.4 Å². The maximum Gasteiger partial charge on any atom is 0.216 e. The SMILES string of the molecule is Cn1[nH]c(-c2c(F)cccc2F)nc1=S. The highest BCUT2D eigenvalue weighted by molar-refractivity contribution is 7.71. The maximum atomic E-state index is 13.3. The van der Waals surface area contributed by atoms with E-state index in [4.69, 9.17) is 12.2 Å². The first-order chi connectivity index (χ1) is 7.09. The third kappa shape index (κ3) is 1.68. The Morgan fingerprint density at radius 3 is 2.40 bits per heavy atom. The topological polar surface area (TPSA) is 33.6 Å². The molecule has 0 atom stereocenters. The number of aromatic nitrogens is 3. The zero-order valence-electron chi connectivity index (χ0n) is 7.79. The first kappa shape index (κ1) is 9.97. The number of aryl methyl sites for hydroxylation is 1. The number of hydrogen-bond acceptors (Lipinski definition) is 2. The molecule has 1 N–H and O–H groups in total. The Morgan fingerprint density at radius 2 is 1.93 bits per heavy atom. The summed E-state index contributed by atoms with van der Waals surface area (Å²) in [5, 5.41) is 2.66. The van der Waals surface area contributed by atoms with Gasteiger partial charge in [0.05, 0.1) is 5.56 Å².